The maximum absolute atomic E-state index is 12.1. The standard InChI is InChI=1S/C20H32O5/c1-12(2)18-10-11-20(25-18)17(4)8-5-7-16(3,15(22)23)13(17)6-9-19(20,24)14(18)21/h12-14,21,24H,5-11H2,1-4H3,(H,22,23)/t13-,14-,16+,17-,18-,19-,20+/m0/s1. The lowest BCUT2D eigenvalue weighted by Gasteiger charge is -2.64. The van der Waals surface area contributed by atoms with Crippen LogP contribution in [0, 0.1) is 22.7 Å². The molecule has 4 rings (SSSR count). The number of hydrogen-bond donors (Lipinski definition) is 3. The molecule has 3 N–H and O–H groups in total. The van der Waals surface area contributed by atoms with Crippen molar-refractivity contribution < 1.29 is 24.9 Å². The van der Waals surface area contributed by atoms with Crippen LogP contribution in [0.15, 0.2) is 0 Å². The fourth-order valence-electron chi connectivity index (χ4n) is 7.49. The molecule has 2 aliphatic carbocycles. The van der Waals surface area contributed by atoms with Crippen molar-refractivity contribution in [2.75, 3.05) is 0 Å². The minimum atomic E-state index is -1.27. The van der Waals surface area contributed by atoms with E-state index in [1.165, 1.54) is 0 Å². The summed E-state index contributed by atoms with van der Waals surface area (Å²) < 4.78 is 6.68. The van der Waals surface area contributed by atoms with Crippen LogP contribution in [0.2, 0.25) is 0 Å². The molecule has 2 saturated heterocycles. The topological polar surface area (TPSA) is 87.0 Å². The van der Waals surface area contributed by atoms with E-state index in [0.717, 1.165) is 19.3 Å². The third kappa shape index (κ3) is 1.65. The minimum absolute atomic E-state index is 0.0419. The van der Waals surface area contributed by atoms with Crippen LogP contribution in [0.25, 0.3) is 0 Å². The molecule has 0 radical (unpaired) electrons. The van der Waals surface area contributed by atoms with Gasteiger partial charge < -0.3 is 20.1 Å². The number of hydrogen-bond acceptors (Lipinski definition) is 4. The summed E-state index contributed by atoms with van der Waals surface area (Å²) in [6.45, 7) is 8.08. The van der Waals surface area contributed by atoms with Crippen LogP contribution in [-0.2, 0) is 9.53 Å². The van der Waals surface area contributed by atoms with Gasteiger partial charge in [0.05, 0.1) is 5.41 Å². The maximum Gasteiger partial charge on any atom is 0.309 e. The van der Waals surface area contributed by atoms with Gasteiger partial charge >= 0.3 is 5.97 Å². The smallest absolute Gasteiger partial charge is 0.309 e. The van der Waals surface area contributed by atoms with E-state index in [0.29, 0.717) is 25.7 Å². The molecule has 4 aliphatic rings. The average Bonchev–Trinajstić information content (AvgIpc) is 3.03. The van der Waals surface area contributed by atoms with Gasteiger partial charge in [0, 0.05) is 5.41 Å². The lowest BCUT2D eigenvalue weighted by molar-refractivity contribution is -0.264. The Morgan fingerprint density at radius 3 is 2.40 bits per heavy atom. The lowest BCUT2D eigenvalue weighted by atomic mass is 9.41. The Balaban J connectivity index is 1.87. The first kappa shape index (κ1) is 17.7. The number of ether oxygens (including phenoxy) is 1. The largest absolute Gasteiger partial charge is 0.481 e. The Hall–Kier alpha value is -0.650. The maximum atomic E-state index is 12.1. The number of aliphatic carboxylic acids is 1. The second-order valence-electron chi connectivity index (χ2n) is 9.95. The monoisotopic (exact) mass is 352 g/mol. The molecule has 0 unspecified atom stereocenters. The second-order valence-corrected chi connectivity index (χ2v) is 9.95. The number of aliphatic hydroxyl groups excluding tert-OH is 1. The highest BCUT2D eigenvalue weighted by Gasteiger charge is 2.83. The van der Waals surface area contributed by atoms with E-state index in [-0.39, 0.29) is 11.8 Å². The van der Waals surface area contributed by atoms with Crippen molar-refractivity contribution in [3.63, 3.8) is 0 Å². The van der Waals surface area contributed by atoms with Crippen LogP contribution in [0.4, 0.5) is 0 Å². The zero-order valence-corrected chi connectivity index (χ0v) is 15.8. The van der Waals surface area contributed by atoms with Crippen LogP contribution in [0.3, 0.4) is 0 Å². The average molecular weight is 352 g/mol. The van der Waals surface area contributed by atoms with Crippen molar-refractivity contribution in [1.29, 1.82) is 0 Å². The zero-order chi connectivity index (χ0) is 18.5. The number of carbonyl (C=O) groups is 1. The molecule has 4 fully saturated rings. The van der Waals surface area contributed by atoms with Crippen molar-refractivity contribution in [3.8, 4) is 0 Å². The summed E-state index contributed by atoms with van der Waals surface area (Å²) in [5.74, 6) is -0.676. The number of rotatable bonds is 2. The lowest BCUT2D eigenvalue weighted by Crippen LogP contribution is -2.72. The summed E-state index contributed by atoms with van der Waals surface area (Å²) in [6, 6.07) is 0. The van der Waals surface area contributed by atoms with Crippen LogP contribution in [0.5, 0.6) is 0 Å². The summed E-state index contributed by atoms with van der Waals surface area (Å²) in [7, 11) is 0. The molecule has 25 heavy (non-hydrogen) atoms. The van der Waals surface area contributed by atoms with Gasteiger partial charge in [-0.15, -0.1) is 0 Å². The van der Waals surface area contributed by atoms with Crippen molar-refractivity contribution >= 4 is 5.97 Å². The summed E-state index contributed by atoms with van der Waals surface area (Å²) in [5, 5.41) is 32.8. The van der Waals surface area contributed by atoms with Crippen molar-refractivity contribution in [2.24, 2.45) is 22.7 Å². The van der Waals surface area contributed by atoms with Gasteiger partial charge in [0.25, 0.3) is 0 Å². The van der Waals surface area contributed by atoms with E-state index in [4.69, 9.17) is 4.74 Å². The highest BCUT2D eigenvalue weighted by Crippen LogP contribution is 2.74. The highest BCUT2D eigenvalue weighted by atomic mass is 16.6. The van der Waals surface area contributed by atoms with Crippen molar-refractivity contribution in [3.05, 3.63) is 0 Å². The third-order valence-electron chi connectivity index (χ3n) is 8.98. The summed E-state index contributed by atoms with van der Waals surface area (Å²) in [6.07, 6.45) is 3.95. The molecule has 2 heterocycles. The molecule has 5 heteroatoms. The molecule has 0 aromatic carbocycles. The van der Waals surface area contributed by atoms with E-state index in [2.05, 4.69) is 6.92 Å². The predicted octanol–water partition coefficient (Wildman–Crippen LogP) is 2.73. The van der Waals surface area contributed by atoms with E-state index in [9.17, 15) is 20.1 Å². The quantitative estimate of drug-likeness (QED) is 0.711. The van der Waals surface area contributed by atoms with E-state index in [1.54, 1.807) is 0 Å². The molecular weight excluding hydrogens is 320 g/mol. The molecule has 2 bridgehead atoms. The molecule has 1 spiro atoms. The minimum Gasteiger partial charge on any atom is -0.481 e. The van der Waals surface area contributed by atoms with Gasteiger partial charge in [-0.2, -0.15) is 0 Å². The van der Waals surface area contributed by atoms with Crippen molar-refractivity contribution in [2.45, 2.75) is 95.5 Å². The molecular formula is C20H32O5. The molecule has 5 nitrogen and oxygen atoms in total. The SMILES string of the molecule is CC(C)[C@]12CC[C@@]3(O1)[C@@]1(C)CCC[C@@](C)(C(=O)O)[C@@H]1CC[C@]3(O)[C@H]2O. The zero-order valence-electron chi connectivity index (χ0n) is 15.8. The highest BCUT2D eigenvalue weighted by molar-refractivity contribution is 5.75. The Morgan fingerprint density at radius 1 is 1.12 bits per heavy atom. The van der Waals surface area contributed by atoms with Gasteiger partial charge in [0.15, 0.2) is 0 Å². The van der Waals surface area contributed by atoms with Gasteiger partial charge in [-0.1, -0.05) is 27.2 Å². The number of fused-ring (bicyclic) bond motifs is 2. The third-order valence-corrected chi connectivity index (χ3v) is 8.98. The molecule has 2 saturated carbocycles. The van der Waals surface area contributed by atoms with Gasteiger partial charge in [0.1, 0.15) is 22.9 Å². The fourth-order valence-corrected chi connectivity index (χ4v) is 7.49. The first-order chi connectivity index (χ1) is 11.5. The normalized spacial score (nSPS) is 57.4. The number of aliphatic hydroxyl groups is 2. The number of carboxylic acid groups (broad SMARTS) is 1. The van der Waals surface area contributed by atoms with Gasteiger partial charge in [0.2, 0.25) is 0 Å². The Morgan fingerprint density at radius 2 is 1.80 bits per heavy atom. The number of carboxylic acids is 1. The predicted molar refractivity (Wildman–Crippen MR) is 92.0 cm³/mol. The van der Waals surface area contributed by atoms with E-state index >= 15 is 0 Å². The fraction of sp³-hybridized carbons (Fsp3) is 0.950. The Kier molecular flexibility index (Phi) is 3.40. The molecule has 142 valence electrons. The summed E-state index contributed by atoms with van der Waals surface area (Å²) in [4.78, 5) is 12.1. The Bertz CT molecular complexity index is 619. The second kappa shape index (κ2) is 4.79. The van der Waals surface area contributed by atoms with E-state index in [1.807, 2.05) is 20.8 Å². The van der Waals surface area contributed by atoms with Crippen LogP contribution < -0.4 is 0 Å². The first-order valence-electron chi connectivity index (χ1n) is 9.84. The molecule has 7 atom stereocenters. The molecule has 2 aliphatic heterocycles. The summed E-state index contributed by atoms with van der Waals surface area (Å²) >= 11 is 0. The summed E-state index contributed by atoms with van der Waals surface area (Å²) in [5.41, 5.74) is -4.02. The van der Waals surface area contributed by atoms with E-state index < -0.39 is 39.7 Å². The molecule has 0 amide bonds. The van der Waals surface area contributed by atoms with Crippen LogP contribution in [0.1, 0.15) is 72.6 Å². The van der Waals surface area contributed by atoms with Gasteiger partial charge in [-0.3, -0.25) is 4.79 Å². The van der Waals surface area contributed by atoms with Crippen LogP contribution in [-0.4, -0.2) is 44.2 Å². The first-order valence-corrected chi connectivity index (χ1v) is 9.84. The van der Waals surface area contributed by atoms with Crippen molar-refractivity contribution in [1.82, 2.24) is 0 Å². The Labute approximate surface area is 149 Å². The van der Waals surface area contributed by atoms with Gasteiger partial charge in [-0.05, 0) is 57.3 Å². The van der Waals surface area contributed by atoms with Crippen LogP contribution >= 0.6 is 0 Å². The molecule has 0 aromatic heterocycles. The van der Waals surface area contributed by atoms with Gasteiger partial charge in [-0.25, -0.2) is 0 Å². The molecule has 0 aromatic rings.